The number of nitrogens with zero attached hydrogens (tertiary/aromatic N) is 2. The standard InChI is InChI=1S/C20H21ClN4O4/c21-16-7-5-14(6-8-16)13-19(26)22-23-20(27)15-9-11-24(12-10-15)17-3-1-2-4-18(17)25(28)29/h1-8,15H,9-13H2,(H,22,26)(H,23,27). The number of hydrazine groups is 1. The zero-order valence-electron chi connectivity index (χ0n) is 15.6. The number of hydrogen-bond acceptors (Lipinski definition) is 5. The lowest BCUT2D eigenvalue weighted by Crippen LogP contribution is -2.47. The van der Waals surface area contributed by atoms with E-state index in [0.29, 0.717) is 36.6 Å². The van der Waals surface area contributed by atoms with Gasteiger partial charge in [-0.05, 0) is 36.6 Å². The number of para-hydroxylation sites is 2. The molecule has 0 aromatic heterocycles. The average molecular weight is 417 g/mol. The maximum atomic E-state index is 12.3. The zero-order chi connectivity index (χ0) is 20.8. The molecule has 0 unspecified atom stereocenters. The van der Waals surface area contributed by atoms with Crippen molar-refractivity contribution >= 4 is 34.8 Å². The smallest absolute Gasteiger partial charge is 0.292 e. The molecule has 1 heterocycles. The van der Waals surface area contributed by atoms with Crippen LogP contribution in [0.5, 0.6) is 0 Å². The first-order valence-electron chi connectivity index (χ1n) is 9.25. The molecule has 9 heteroatoms. The van der Waals surface area contributed by atoms with Gasteiger partial charge in [0.25, 0.3) is 5.69 Å². The number of nitrogens with one attached hydrogen (secondary N) is 2. The molecule has 2 aromatic carbocycles. The molecule has 0 aliphatic carbocycles. The lowest BCUT2D eigenvalue weighted by Gasteiger charge is -2.32. The van der Waals surface area contributed by atoms with Crippen LogP contribution in [0.25, 0.3) is 0 Å². The second-order valence-corrected chi connectivity index (χ2v) is 7.28. The van der Waals surface area contributed by atoms with E-state index in [9.17, 15) is 19.7 Å². The number of benzene rings is 2. The van der Waals surface area contributed by atoms with Gasteiger partial charge in [0, 0.05) is 30.1 Å². The van der Waals surface area contributed by atoms with E-state index in [1.807, 2.05) is 4.90 Å². The molecule has 0 saturated carbocycles. The number of rotatable bonds is 5. The molecule has 0 atom stereocenters. The minimum Gasteiger partial charge on any atom is -0.366 e. The van der Waals surface area contributed by atoms with Crippen LogP contribution in [0.2, 0.25) is 5.02 Å². The first kappa shape index (κ1) is 20.6. The Morgan fingerprint density at radius 3 is 2.38 bits per heavy atom. The Bertz CT molecular complexity index is 896. The average Bonchev–Trinajstić information content (AvgIpc) is 2.74. The Balaban J connectivity index is 1.47. The minimum absolute atomic E-state index is 0.0601. The number of anilines is 1. The fraction of sp³-hybridized carbons (Fsp3) is 0.300. The van der Waals surface area contributed by atoms with Crippen molar-refractivity contribution in [3.05, 3.63) is 69.2 Å². The first-order chi connectivity index (χ1) is 13.9. The maximum absolute atomic E-state index is 12.3. The molecule has 0 radical (unpaired) electrons. The molecule has 1 aliphatic rings. The maximum Gasteiger partial charge on any atom is 0.292 e. The molecule has 1 fully saturated rings. The van der Waals surface area contributed by atoms with Gasteiger partial charge in [-0.1, -0.05) is 35.9 Å². The molecule has 8 nitrogen and oxygen atoms in total. The largest absolute Gasteiger partial charge is 0.366 e. The highest BCUT2D eigenvalue weighted by molar-refractivity contribution is 6.30. The van der Waals surface area contributed by atoms with E-state index in [4.69, 9.17) is 11.6 Å². The van der Waals surface area contributed by atoms with Crippen LogP contribution in [0.15, 0.2) is 48.5 Å². The summed E-state index contributed by atoms with van der Waals surface area (Å²) in [6.07, 6.45) is 1.23. The highest BCUT2D eigenvalue weighted by Crippen LogP contribution is 2.31. The van der Waals surface area contributed by atoms with Gasteiger partial charge in [-0.3, -0.25) is 30.6 Å². The highest BCUT2D eigenvalue weighted by atomic mass is 35.5. The van der Waals surface area contributed by atoms with Gasteiger partial charge in [-0.2, -0.15) is 0 Å². The van der Waals surface area contributed by atoms with E-state index in [1.165, 1.54) is 6.07 Å². The number of hydrogen-bond donors (Lipinski definition) is 2. The molecular formula is C20H21ClN4O4. The van der Waals surface area contributed by atoms with Crippen molar-refractivity contribution in [3.8, 4) is 0 Å². The van der Waals surface area contributed by atoms with E-state index in [0.717, 1.165) is 5.56 Å². The number of amides is 2. The van der Waals surface area contributed by atoms with Crippen LogP contribution in [0.4, 0.5) is 11.4 Å². The zero-order valence-corrected chi connectivity index (χ0v) is 16.4. The van der Waals surface area contributed by atoms with Crippen molar-refractivity contribution < 1.29 is 14.5 Å². The monoisotopic (exact) mass is 416 g/mol. The molecule has 1 saturated heterocycles. The van der Waals surface area contributed by atoms with Gasteiger partial charge in [-0.15, -0.1) is 0 Å². The molecule has 3 rings (SSSR count). The lowest BCUT2D eigenvalue weighted by atomic mass is 9.95. The van der Waals surface area contributed by atoms with Crippen molar-refractivity contribution in [1.82, 2.24) is 10.9 Å². The quantitative estimate of drug-likeness (QED) is 0.576. The number of nitro benzene ring substituents is 1. The Morgan fingerprint density at radius 2 is 1.72 bits per heavy atom. The Labute approximate surface area is 173 Å². The SMILES string of the molecule is O=C(Cc1ccc(Cl)cc1)NNC(=O)C1CCN(c2ccccc2[N+](=O)[O-])CC1. The summed E-state index contributed by atoms with van der Waals surface area (Å²) < 4.78 is 0. The number of carbonyl (C=O) groups excluding carboxylic acids is 2. The van der Waals surface area contributed by atoms with E-state index in [2.05, 4.69) is 10.9 Å². The molecule has 1 aliphatic heterocycles. The van der Waals surface area contributed by atoms with E-state index in [-0.39, 0.29) is 29.8 Å². The van der Waals surface area contributed by atoms with Crippen molar-refractivity contribution in [2.45, 2.75) is 19.3 Å². The van der Waals surface area contributed by atoms with Gasteiger partial charge < -0.3 is 4.90 Å². The van der Waals surface area contributed by atoms with Crippen LogP contribution in [-0.2, 0) is 16.0 Å². The molecule has 0 spiro atoms. The third-order valence-corrected chi connectivity index (χ3v) is 5.14. The van der Waals surface area contributed by atoms with Crippen molar-refractivity contribution in [1.29, 1.82) is 0 Å². The third-order valence-electron chi connectivity index (χ3n) is 4.89. The number of halogens is 1. The van der Waals surface area contributed by atoms with Gasteiger partial charge in [-0.25, -0.2) is 0 Å². The van der Waals surface area contributed by atoms with Gasteiger partial charge >= 0.3 is 0 Å². The second kappa shape index (κ2) is 9.38. The van der Waals surface area contributed by atoms with Crippen LogP contribution < -0.4 is 15.8 Å². The summed E-state index contributed by atoms with van der Waals surface area (Å²) in [7, 11) is 0. The summed E-state index contributed by atoms with van der Waals surface area (Å²) in [6, 6.07) is 13.5. The predicted octanol–water partition coefficient (Wildman–Crippen LogP) is 2.85. The van der Waals surface area contributed by atoms with Crippen LogP contribution in [-0.4, -0.2) is 29.8 Å². The van der Waals surface area contributed by atoms with Crippen LogP contribution in [0, 0.1) is 16.0 Å². The lowest BCUT2D eigenvalue weighted by molar-refractivity contribution is -0.384. The van der Waals surface area contributed by atoms with Gasteiger partial charge in [0.05, 0.1) is 11.3 Å². The molecule has 0 bridgehead atoms. The summed E-state index contributed by atoms with van der Waals surface area (Å²) in [4.78, 5) is 37.1. The van der Waals surface area contributed by atoms with Crippen LogP contribution >= 0.6 is 11.6 Å². The fourth-order valence-corrected chi connectivity index (χ4v) is 3.46. The molecule has 152 valence electrons. The Kier molecular flexibility index (Phi) is 6.66. The van der Waals surface area contributed by atoms with Gasteiger partial charge in [0.2, 0.25) is 11.8 Å². The normalized spacial score (nSPS) is 14.3. The Morgan fingerprint density at radius 1 is 1.07 bits per heavy atom. The molecule has 29 heavy (non-hydrogen) atoms. The highest BCUT2D eigenvalue weighted by Gasteiger charge is 2.28. The minimum atomic E-state index is -0.398. The van der Waals surface area contributed by atoms with Crippen LogP contribution in [0.1, 0.15) is 18.4 Å². The summed E-state index contributed by atoms with van der Waals surface area (Å²) in [6.45, 7) is 1.06. The Hall–Kier alpha value is -3.13. The fourth-order valence-electron chi connectivity index (χ4n) is 3.33. The number of piperidine rings is 1. The van der Waals surface area contributed by atoms with E-state index >= 15 is 0 Å². The number of nitro groups is 1. The molecule has 2 N–H and O–H groups in total. The molecule has 2 amide bonds. The predicted molar refractivity (Wildman–Crippen MR) is 109 cm³/mol. The summed E-state index contributed by atoms with van der Waals surface area (Å²) in [5, 5.41) is 11.8. The molecule has 2 aromatic rings. The second-order valence-electron chi connectivity index (χ2n) is 6.85. The third kappa shape index (κ3) is 5.45. The molecular weight excluding hydrogens is 396 g/mol. The topological polar surface area (TPSA) is 105 Å². The number of carbonyl (C=O) groups is 2. The van der Waals surface area contributed by atoms with Crippen molar-refractivity contribution in [2.24, 2.45) is 5.92 Å². The van der Waals surface area contributed by atoms with Gasteiger partial charge in [0.1, 0.15) is 5.69 Å². The van der Waals surface area contributed by atoms with Crippen molar-refractivity contribution in [2.75, 3.05) is 18.0 Å². The van der Waals surface area contributed by atoms with Gasteiger partial charge in [0.15, 0.2) is 0 Å². The first-order valence-corrected chi connectivity index (χ1v) is 9.63. The van der Waals surface area contributed by atoms with Crippen LogP contribution in [0.3, 0.4) is 0 Å². The van der Waals surface area contributed by atoms with E-state index in [1.54, 1.807) is 42.5 Å². The summed E-state index contributed by atoms with van der Waals surface area (Å²) in [5.41, 5.74) is 6.33. The summed E-state index contributed by atoms with van der Waals surface area (Å²) >= 11 is 5.82. The van der Waals surface area contributed by atoms with Crippen molar-refractivity contribution in [3.63, 3.8) is 0 Å². The van der Waals surface area contributed by atoms with E-state index < -0.39 is 4.92 Å². The summed E-state index contributed by atoms with van der Waals surface area (Å²) in [5.74, 6) is -0.834.